The number of hydrogen-bond acceptors (Lipinski definition) is 3. The maximum Gasteiger partial charge on any atom is 0.118 e. The Balaban J connectivity index is 1.73. The van der Waals surface area contributed by atoms with Gasteiger partial charge in [0.1, 0.15) is 5.75 Å². The zero-order valence-corrected chi connectivity index (χ0v) is 17.1. The molecule has 1 heterocycles. The van der Waals surface area contributed by atoms with Crippen molar-refractivity contribution in [2.45, 2.75) is 12.5 Å². The number of anilines is 1. The molecule has 3 aromatic carbocycles. The second-order valence-electron chi connectivity index (χ2n) is 6.37. The van der Waals surface area contributed by atoms with Gasteiger partial charge >= 0.3 is 0 Å². The SMILES string of the molecule is COc1ccc(C2=NN(c3cccc(Cl)c3)C(c3ccc(Br)cc3)C2)cc1. The summed E-state index contributed by atoms with van der Waals surface area (Å²) in [6, 6.07) is 24.4. The van der Waals surface area contributed by atoms with Crippen LogP contribution in [0.25, 0.3) is 0 Å². The molecule has 0 bridgehead atoms. The van der Waals surface area contributed by atoms with Crippen molar-refractivity contribution in [2.75, 3.05) is 12.1 Å². The molecule has 0 N–H and O–H groups in total. The molecule has 0 amide bonds. The number of methoxy groups -OCH3 is 1. The van der Waals surface area contributed by atoms with E-state index in [1.807, 2.05) is 36.4 Å². The van der Waals surface area contributed by atoms with Gasteiger partial charge in [0.2, 0.25) is 0 Å². The van der Waals surface area contributed by atoms with Crippen LogP contribution in [0.2, 0.25) is 5.02 Å². The van der Waals surface area contributed by atoms with E-state index in [9.17, 15) is 0 Å². The van der Waals surface area contributed by atoms with Crippen molar-refractivity contribution in [2.24, 2.45) is 5.10 Å². The molecule has 4 rings (SSSR count). The van der Waals surface area contributed by atoms with Gasteiger partial charge in [-0.15, -0.1) is 0 Å². The fourth-order valence-corrected chi connectivity index (χ4v) is 3.72. The summed E-state index contributed by atoms with van der Waals surface area (Å²) in [7, 11) is 1.67. The second-order valence-corrected chi connectivity index (χ2v) is 7.72. The minimum atomic E-state index is 0.119. The fraction of sp³-hybridized carbons (Fsp3) is 0.136. The Hall–Kier alpha value is -2.30. The number of halogens is 2. The molecule has 0 spiro atoms. The van der Waals surface area contributed by atoms with Crippen LogP contribution in [-0.2, 0) is 0 Å². The number of hydrazone groups is 1. The van der Waals surface area contributed by atoms with E-state index < -0.39 is 0 Å². The van der Waals surface area contributed by atoms with Crippen LogP contribution in [0.1, 0.15) is 23.6 Å². The fourth-order valence-electron chi connectivity index (χ4n) is 3.27. The molecule has 1 aliphatic heterocycles. The maximum atomic E-state index is 6.23. The zero-order valence-electron chi connectivity index (χ0n) is 14.8. The molecule has 1 aliphatic rings. The first-order valence-electron chi connectivity index (χ1n) is 8.66. The summed E-state index contributed by atoms with van der Waals surface area (Å²) in [5.41, 5.74) is 4.34. The van der Waals surface area contributed by atoms with Crippen molar-refractivity contribution in [3.8, 4) is 5.75 Å². The standard InChI is InChI=1S/C22H18BrClN2O/c1-27-20-11-7-15(8-12-20)21-14-22(16-5-9-17(23)10-6-16)26(25-21)19-4-2-3-18(24)13-19/h2-13,22H,14H2,1H3. The van der Waals surface area contributed by atoms with Crippen LogP contribution >= 0.6 is 27.5 Å². The highest BCUT2D eigenvalue weighted by Gasteiger charge is 2.30. The van der Waals surface area contributed by atoms with E-state index in [1.54, 1.807) is 7.11 Å². The first-order valence-corrected chi connectivity index (χ1v) is 9.83. The van der Waals surface area contributed by atoms with E-state index in [-0.39, 0.29) is 6.04 Å². The first-order chi connectivity index (χ1) is 13.1. The van der Waals surface area contributed by atoms with Crippen LogP contribution in [0.4, 0.5) is 5.69 Å². The minimum Gasteiger partial charge on any atom is -0.497 e. The lowest BCUT2D eigenvalue weighted by atomic mass is 9.98. The highest BCUT2D eigenvalue weighted by molar-refractivity contribution is 9.10. The number of ether oxygens (including phenoxy) is 1. The van der Waals surface area contributed by atoms with Crippen LogP contribution in [0.5, 0.6) is 5.75 Å². The van der Waals surface area contributed by atoms with Crippen molar-refractivity contribution in [1.82, 2.24) is 0 Å². The number of benzene rings is 3. The van der Waals surface area contributed by atoms with Crippen LogP contribution in [-0.4, -0.2) is 12.8 Å². The predicted molar refractivity (Wildman–Crippen MR) is 115 cm³/mol. The molecule has 136 valence electrons. The second kappa shape index (κ2) is 7.75. The molecule has 27 heavy (non-hydrogen) atoms. The molecular weight excluding hydrogens is 424 g/mol. The summed E-state index contributed by atoms with van der Waals surface area (Å²) in [4.78, 5) is 0. The average molecular weight is 442 g/mol. The molecular formula is C22H18BrClN2O. The third kappa shape index (κ3) is 3.87. The lowest BCUT2D eigenvalue weighted by Gasteiger charge is -2.24. The van der Waals surface area contributed by atoms with Crippen molar-refractivity contribution in [3.63, 3.8) is 0 Å². The van der Waals surface area contributed by atoms with Gasteiger partial charge in [-0.3, -0.25) is 5.01 Å². The van der Waals surface area contributed by atoms with E-state index in [2.05, 4.69) is 57.3 Å². The Morgan fingerprint density at radius 1 is 1.04 bits per heavy atom. The van der Waals surface area contributed by atoms with E-state index >= 15 is 0 Å². The highest BCUT2D eigenvalue weighted by Crippen LogP contribution is 2.37. The van der Waals surface area contributed by atoms with Crippen molar-refractivity contribution in [3.05, 3.63) is 93.4 Å². The van der Waals surface area contributed by atoms with Gasteiger partial charge in [0.15, 0.2) is 0 Å². The van der Waals surface area contributed by atoms with Gasteiger partial charge in [0, 0.05) is 15.9 Å². The van der Waals surface area contributed by atoms with E-state index in [4.69, 9.17) is 21.4 Å². The van der Waals surface area contributed by atoms with E-state index in [1.165, 1.54) is 5.56 Å². The lowest BCUT2D eigenvalue weighted by Crippen LogP contribution is -2.18. The molecule has 0 aliphatic carbocycles. The topological polar surface area (TPSA) is 24.8 Å². The summed E-state index contributed by atoms with van der Waals surface area (Å²) in [5.74, 6) is 0.841. The predicted octanol–water partition coefficient (Wildman–Crippen LogP) is 6.47. The van der Waals surface area contributed by atoms with Gasteiger partial charge in [0.05, 0.1) is 24.6 Å². The number of hydrogen-bond donors (Lipinski definition) is 0. The lowest BCUT2D eigenvalue weighted by molar-refractivity contribution is 0.415. The van der Waals surface area contributed by atoms with Gasteiger partial charge in [-0.25, -0.2) is 0 Å². The largest absolute Gasteiger partial charge is 0.497 e. The Kier molecular flexibility index (Phi) is 5.19. The third-order valence-electron chi connectivity index (χ3n) is 4.66. The molecule has 0 fully saturated rings. The van der Waals surface area contributed by atoms with Crippen LogP contribution in [0, 0.1) is 0 Å². The van der Waals surface area contributed by atoms with Crippen molar-refractivity contribution >= 4 is 38.9 Å². The smallest absolute Gasteiger partial charge is 0.118 e. The van der Waals surface area contributed by atoms with Gasteiger partial charge in [-0.05, 0) is 65.7 Å². The molecule has 5 heteroatoms. The molecule has 3 aromatic rings. The van der Waals surface area contributed by atoms with Gasteiger partial charge in [-0.2, -0.15) is 5.10 Å². The van der Waals surface area contributed by atoms with Crippen molar-refractivity contribution in [1.29, 1.82) is 0 Å². The normalized spacial score (nSPS) is 16.3. The van der Waals surface area contributed by atoms with Crippen LogP contribution in [0.15, 0.2) is 82.4 Å². The Bertz CT molecular complexity index is 970. The summed E-state index contributed by atoms with van der Waals surface area (Å²) in [5, 5.41) is 7.71. The molecule has 1 atom stereocenters. The number of rotatable bonds is 4. The molecule has 0 radical (unpaired) electrons. The van der Waals surface area contributed by atoms with Gasteiger partial charge < -0.3 is 4.74 Å². The van der Waals surface area contributed by atoms with E-state index in [0.29, 0.717) is 5.02 Å². The molecule has 1 unspecified atom stereocenters. The van der Waals surface area contributed by atoms with Crippen LogP contribution in [0.3, 0.4) is 0 Å². The summed E-state index contributed by atoms with van der Waals surface area (Å²) < 4.78 is 6.33. The molecule has 0 saturated heterocycles. The Labute approximate surface area is 172 Å². The minimum absolute atomic E-state index is 0.119. The quantitative estimate of drug-likeness (QED) is 0.464. The summed E-state index contributed by atoms with van der Waals surface area (Å²) >= 11 is 9.74. The zero-order chi connectivity index (χ0) is 18.8. The summed E-state index contributed by atoms with van der Waals surface area (Å²) in [6.07, 6.45) is 0.820. The monoisotopic (exact) mass is 440 g/mol. The van der Waals surface area contributed by atoms with Crippen LogP contribution < -0.4 is 9.75 Å². The average Bonchev–Trinajstić information content (AvgIpc) is 3.14. The van der Waals surface area contributed by atoms with E-state index in [0.717, 1.165) is 33.6 Å². The molecule has 3 nitrogen and oxygen atoms in total. The molecule has 0 saturated carbocycles. The van der Waals surface area contributed by atoms with Crippen molar-refractivity contribution < 1.29 is 4.74 Å². The maximum absolute atomic E-state index is 6.23. The van der Waals surface area contributed by atoms with Gasteiger partial charge in [-0.1, -0.05) is 45.7 Å². The first kappa shape index (κ1) is 18.1. The third-order valence-corrected chi connectivity index (χ3v) is 5.42. The summed E-state index contributed by atoms with van der Waals surface area (Å²) in [6.45, 7) is 0. The highest BCUT2D eigenvalue weighted by atomic mass is 79.9. The Morgan fingerprint density at radius 2 is 1.78 bits per heavy atom. The Morgan fingerprint density at radius 3 is 2.44 bits per heavy atom. The molecule has 0 aromatic heterocycles. The number of nitrogens with zero attached hydrogens (tertiary/aromatic N) is 2. The van der Waals surface area contributed by atoms with Gasteiger partial charge in [0.25, 0.3) is 0 Å².